The molecule has 3 rings (SSSR count). The first-order chi connectivity index (χ1) is 11.9. The van der Waals surface area contributed by atoms with Gasteiger partial charge in [-0.15, -0.1) is 13.2 Å². The number of alkyl halides is 3. The van der Waals surface area contributed by atoms with Crippen molar-refractivity contribution in [3.05, 3.63) is 29.1 Å². The van der Waals surface area contributed by atoms with Crippen LogP contribution >= 0.6 is 0 Å². The maximum Gasteiger partial charge on any atom is 0.573 e. The minimum absolute atomic E-state index is 0.531. The van der Waals surface area contributed by atoms with Crippen molar-refractivity contribution < 1.29 is 22.3 Å². The molecule has 0 heterocycles. The molecule has 1 fully saturated rings. The van der Waals surface area contributed by atoms with Crippen molar-refractivity contribution in [3.63, 3.8) is 0 Å². The van der Waals surface area contributed by atoms with Gasteiger partial charge in [0.25, 0.3) is 0 Å². The normalized spacial score (nSPS) is 27.0. The van der Waals surface area contributed by atoms with Gasteiger partial charge in [0.15, 0.2) is 11.6 Å². The van der Waals surface area contributed by atoms with E-state index in [1.165, 1.54) is 50.7 Å². The van der Waals surface area contributed by atoms with Crippen LogP contribution < -0.4 is 4.74 Å². The summed E-state index contributed by atoms with van der Waals surface area (Å²) in [6.07, 6.45) is 5.22. The average molecular weight is 358 g/mol. The molecule has 2 aliphatic rings. The Bertz CT molecular complexity index is 588. The zero-order valence-electron chi connectivity index (χ0n) is 14.7. The molecule has 2 aliphatic carbocycles. The smallest absolute Gasteiger partial charge is 0.403 e. The number of benzene rings is 1. The van der Waals surface area contributed by atoms with Crippen molar-refractivity contribution >= 4 is 0 Å². The lowest BCUT2D eigenvalue weighted by Crippen LogP contribution is -2.27. The third-order valence-corrected chi connectivity index (χ3v) is 6.00. The Kier molecular flexibility index (Phi) is 5.59. The molecule has 0 spiro atoms. The fraction of sp³-hybridized carbons (Fsp3) is 0.700. The zero-order valence-corrected chi connectivity index (χ0v) is 14.7. The summed E-state index contributed by atoms with van der Waals surface area (Å²) in [6.45, 7) is 2.23. The maximum absolute atomic E-state index is 14.0. The molecule has 1 nitrogen and oxygen atoms in total. The second kappa shape index (κ2) is 7.55. The van der Waals surface area contributed by atoms with Crippen molar-refractivity contribution in [3.8, 4) is 5.75 Å². The largest absolute Gasteiger partial charge is 0.573 e. The minimum atomic E-state index is -4.86. The van der Waals surface area contributed by atoms with Crippen molar-refractivity contribution in [1.82, 2.24) is 0 Å². The van der Waals surface area contributed by atoms with Crippen LogP contribution in [0, 0.1) is 23.6 Å². The second-order valence-electron chi connectivity index (χ2n) is 7.67. The first kappa shape index (κ1) is 18.5. The van der Waals surface area contributed by atoms with E-state index in [1.807, 2.05) is 0 Å². The van der Waals surface area contributed by atoms with E-state index < -0.39 is 17.9 Å². The van der Waals surface area contributed by atoms with Gasteiger partial charge in [-0.3, -0.25) is 0 Å². The van der Waals surface area contributed by atoms with E-state index >= 15 is 0 Å². The summed E-state index contributed by atoms with van der Waals surface area (Å²) in [6, 6.07) is 2.50. The van der Waals surface area contributed by atoms with E-state index in [2.05, 4.69) is 11.7 Å². The monoisotopic (exact) mass is 358 g/mol. The number of aryl methyl sites for hydroxylation is 1. The molecule has 0 radical (unpaired) electrons. The predicted octanol–water partition coefficient (Wildman–Crippen LogP) is 6.44. The lowest BCUT2D eigenvalue weighted by Gasteiger charge is -2.36. The van der Waals surface area contributed by atoms with Gasteiger partial charge in [0.2, 0.25) is 0 Å². The van der Waals surface area contributed by atoms with Crippen molar-refractivity contribution in [2.45, 2.75) is 71.1 Å². The fourth-order valence-corrected chi connectivity index (χ4v) is 4.75. The van der Waals surface area contributed by atoms with Crippen LogP contribution in [0.4, 0.5) is 17.6 Å². The molecule has 5 heteroatoms. The number of hydrogen-bond acceptors (Lipinski definition) is 1. The number of rotatable bonds is 4. The highest BCUT2D eigenvalue weighted by Crippen LogP contribution is 2.41. The zero-order chi connectivity index (χ0) is 18.0. The quantitative estimate of drug-likeness (QED) is 0.563. The van der Waals surface area contributed by atoms with Crippen LogP contribution in [0.2, 0.25) is 0 Å². The summed E-state index contributed by atoms with van der Waals surface area (Å²) in [5.74, 6) is 0.448. The Morgan fingerprint density at radius 3 is 2.36 bits per heavy atom. The molecular weight excluding hydrogens is 332 g/mol. The lowest BCUT2D eigenvalue weighted by atomic mass is 9.69. The minimum Gasteiger partial charge on any atom is -0.403 e. The Morgan fingerprint density at radius 1 is 1.00 bits per heavy atom. The van der Waals surface area contributed by atoms with Gasteiger partial charge in [-0.25, -0.2) is 4.39 Å². The van der Waals surface area contributed by atoms with Crippen LogP contribution in [0.1, 0.15) is 63.0 Å². The molecule has 0 N–H and O–H groups in total. The van der Waals surface area contributed by atoms with E-state index in [-0.39, 0.29) is 0 Å². The SMILES string of the molecule is CCCC1CCC(C2CCc3cc(OC(F)(F)F)c(F)cc3C2)CC1. The van der Waals surface area contributed by atoms with Crippen LogP contribution in [-0.2, 0) is 12.8 Å². The first-order valence-electron chi connectivity index (χ1n) is 9.42. The topological polar surface area (TPSA) is 9.23 Å². The van der Waals surface area contributed by atoms with Crippen LogP contribution in [0.25, 0.3) is 0 Å². The Labute approximate surface area is 146 Å². The molecular formula is C20H26F4O. The summed E-state index contributed by atoms with van der Waals surface area (Å²) in [7, 11) is 0. The van der Waals surface area contributed by atoms with E-state index in [1.54, 1.807) is 0 Å². The van der Waals surface area contributed by atoms with Crippen LogP contribution in [0.3, 0.4) is 0 Å². The molecule has 1 saturated carbocycles. The van der Waals surface area contributed by atoms with Crippen LogP contribution in [-0.4, -0.2) is 6.36 Å². The summed E-state index contributed by atoms with van der Waals surface area (Å²) in [5, 5.41) is 0. The summed E-state index contributed by atoms with van der Waals surface area (Å²) in [4.78, 5) is 0. The van der Waals surface area contributed by atoms with Gasteiger partial charge in [-0.2, -0.15) is 0 Å². The summed E-state index contributed by atoms with van der Waals surface area (Å²) in [5.41, 5.74) is 1.66. The molecule has 0 aromatic heterocycles. The van der Waals surface area contributed by atoms with Crippen molar-refractivity contribution in [2.24, 2.45) is 17.8 Å². The van der Waals surface area contributed by atoms with E-state index in [9.17, 15) is 17.6 Å². The highest BCUT2D eigenvalue weighted by atomic mass is 19.4. The molecule has 0 amide bonds. The molecule has 0 aliphatic heterocycles. The fourth-order valence-electron chi connectivity index (χ4n) is 4.75. The molecule has 1 unspecified atom stereocenters. The van der Waals surface area contributed by atoms with Crippen molar-refractivity contribution in [1.29, 1.82) is 0 Å². The third-order valence-electron chi connectivity index (χ3n) is 6.00. The van der Waals surface area contributed by atoms with Gasteiger partial charge in [0.05, 0.1) is 0 Å². The Hall–Kier alpha value is -1.26. The van der Waals surface area contributed by atoms with E-state index in [4.69, 9.17) is 0 Å². The first-order valence-corrected chi connectivity index (χ1v) is 9.42. The van der Waals surface area contributed by atoms with Gasteiger partial charge in [-0.05, 0) is 73.1 Å². The molecule has 25 heavy (non-hydrogen) atoms. The highest BCUT2D eigenvalue weighted by Gasteiger charge is 2.34. The van der Waals surface area contributed by atoms with Gasteiger partial charge in [-0.1, -0.05) is 32.6 Å². The molecule has 0 bridgehead atoms. The predicted molar refractivity (Wildman–Crippen MR) is 89.0 cm³/mol. The standard InChI is InChI=1S/C20H26F4O/c1-2-3-13-4-6-14(7-5-13)15-8-9-16-12-19(25-20(22,23)24)18(21)11-17(16)10-15/h11-15H,2-10H2,1H3. The molecule has 1 aromatic rings. The van der Waals surface area contributed by atoms with Gasteiger partial charge < -0.3 is 4.74 Å². The number of fused-ring (bicyclic) bond motifs is 1. The third kappa shape index (κ3) is 4.68. The highest BCUT2D eigenvalue weighted by molar-refractivity contribution is 5.39. The molecule has 0 saturated heterocycles. The average Bonchev–Trinajstić information content (AvgIpc) is 2.55. The van der Waals surface area contributed by atoms with E-state index in [0.717, 1.165) is 29.9 Å². The summed E-state index contributed by atoms with van der Waals surface area (Å²) >= 11 is 0. The number of halogens is 4. The molecule has 1 aromatic carbocycles. The van der Waals surface area contributed by atoms with Crippen molar-refractivity contribution in [2.75, 3.05) is 0 Å². The van der Waals surface area contributed by atoms with Gasteiger partial charge in [0, 0.05) is 0 Å². The molecule has 1 atom stereocenters. The number of hydrogen-bond donors (Lipinski definition) is 0. The molecule has 140 valence electrons. The summed E-state index contributed by atoms with van der Waals surface area (Å²) < 4.78 is 54.9. The van der Waals surface area contributed by atoms with Crippen LogP contribution in [0.15, 0.2) is 12.1 Å². The lowest BCUT2D eigenvalue weighted by molar-refractivity contribution is -0.275. The maximum atomic E-state index is 14.0. The Balaban J connectivity index is 1.65. The Morgan fingerprint density at radius 2 is 1.72 bits per heavy atom. The second-order valence-corrected chi connectivity index (χ2v) is 7.67. The van der Waals surface area contributed by atoms with Crippen LogP contribution in [0.5, 0.6) is 5.75 Å². The van der Waals surface area contributed by atoms with Gasteiger partial charge in [0.1, 0.15) is 0 Å². The van der Waals surface area contributed by atoms with E-state index in [0.29, 0.717) is 18.3 Å². The number of ether oxygens (including phenoxy) is 1. The van der Waals surface area contributed by atoms with Gasteiger partial charge >= 0.3 is 6.36 Å².